The van der Waals surface area contributed by atoms with Crippen molar-refractivity contribution < 1.29 is 9.90 Å². The number of aromatic nitrogens is 3. The number of hydrogen-bond donors (Lipinski definition) is 2. The molecule has 1 aliphatic rings. The molecule has 24 heavy (non-hydrogen) atoms. The van der Waals surface area contributed by atoms with Crippen LogP contribution in [0, 0.1) is 5.92 Å². The summed E-state index contributed by atoms with van der Waals surface area (Å²) in [4.78, 5) is 18.1. The van der Waals surface area contributed by atoms with E-state index in [0.717, 1.165) is 24.1 Å². The van der Waals surface area contributed by atoms with Crippen LogP contribution < -0.4 is 5.32 Å². The van der Waals surface area contributed by atoms with Crippen LogP contribution in [-0.4, -0.2) is 50.5 Å². The standard InChI is InChI=1S/C17H23N5O2/c1-13(20-17(24)21-8-6-14(10-23)7-9-21)15-2-4-16(5-3-15)22-12-18-11-19-22/h2-5,11-14,23H,6-10H2,1H3,(H,20,24). The fraction of sp³-hybridized carbons (Fsp3) is 0.471. The van der Waals surface area contributed by atoms with Gasteiger partial charge in [0.05, 0.1) is 11.7 Å². The molecule has 1 atom stereocenters. The Bertz CT molecular complexity index is 648. The molecule has 1 aromatic carbocycles. The van der Waals surface area contributed by atoms with E-state index < -0.39 is 0 Å². The molecule has 1 fully saturated rings. The Morgan fingerprint density at radius 1 is 1.33 bits per heavy atom. The minimum atomic E-state index is -0.0714. The number of benzene rings is 1. The van der Waals surface area contributed by atoms with Crippen molar-refractivity contribution in [3.63, 3.8) is 0 Å². The molecule has 0 spiro atoms. The zero-order valence-corrected chi connectivity index (χ0v) is 13.8. The van der Waals surface area contributed by atoms with Gasteiger partial charge < -0.3 is 15.3 Å². The Morgan fingerprint density at radius 2 is 2.04 bits per heavy atom. The zero-order chi connectivity index (χ0) is 16.9. The average Bonchev–Trinajstić information content (AvgIpc) is 3.16. The number of urea groups is 1. The van der Waals surface area contributed by atoms with Gasteiger partial charge >= 0.3 is 6.03 Å². The Morgan fingerprint density at radius 3 is 2.62 bits per heavy atom. The van der Waals surface area contributed by atoms with Gasteiger partial charge in [-0.25, -0.2) is 14.5 Å². The molecule has 0 bridgehead atoms. The second-order valence-electron chi connectivity index (χ2n) is 6.22. The van der Waals surface area contributed by atoms with Crippen LogP contribution >= 0.6 is 0 Å². The normalized spacial score (nSPS) is 16.8. The van der Waals surface area contributed by atoms with Crippen LogP contribution in [0.2, 0.25) is 0 Å². The molecular formula is C17H23N5O2. The summed E-state index contributed by atoms with van der Waals surface area (Å²) in [6, 6.07) is 7.77. The molecule has 0 saturated carbocycles. The van der Waals surface area contributed by atoms with Crippen molar-refractivity contribution >= 4 is 6.03 Å². The summed E-state index contributed by atoms with van der Waals surface area (Å²) in [6.07, 6.45) is 4.88. The third kappa shape index (κ3) is 3.73. The molecule has 2 N–H and O–H groups in total. The lowest BCUT2D eigenvalue weighted by atomic mass is 9.98. The van der Waals surface area contributed by atoms with Crippen molar-refractivity contribution in [1.82, 2.24) is 25.0 Å². The van der Waals surface area contributed by atoms with E-state index in [1.54, 1.807) is 11.0 Å². The molecule has 0 aliphatic carbocycles. The number of hydrogen-bond acceptors (Lipinski definition) is 4. The summed E-state index contributed by atoms with van der Waals surface area (Å²) in [7, 11) is 0. The number of nitrogens with zero attached hydrogens (tertiary/aromatic N) is 4. The predicted octanol–water partition coefficient (Wildman–Crippen LogP) is 1.74. The van der Waals surface area contributed by atoms with Crippen molar-refractivity contribution in [2.45, 2.75) is 25.8 Å². The van der Waals surface area contributed by atoms with E-state index in [4.69, 9.17) is 0 Å². The highest BCUT2D eigenvalue weighted by molar-refractivity contribution is 5.74. The lowest BCUT2D eigenvalue weighted by Gasteiger charge is -2.32. The van der Waals surface area contributed by atoms with Gasteiger partial charge in [0.15, 0.2) is 0 Å². The first-order valence-electron chi connectivity index (χ1n) is 8.28. The lowest BCUT2D eigenvalue weighted by Crippen LogP contribution is -2.45. The van der Waals surface area contributed by atoms with Crippen LogP contribution in [0.15, 0.2) is 36.9 Å². The number of rotatable bonds is 4. The summed E-state index contributed by atoms with van der Waals surface area (Å²) in [5.41, 5.74) is 1.97. The molecule has 3 rings (SSSR count). The maximum absolute atomic E-state index is 12.4. The number of nitrogens with one attached hydrogen (secondary N) is 1. The molecule has 2 heterocycles. The molecule has 1 saturated heterocycles. The first kappa shape index (κ1) is 16.4. The summed E-state index contributed by atoms with van der Waals surface area (Å²) >= 11 is 0. The number of aliphatic hydroxyl groups is 1. The van der Waals surface area contributed by atoms with Gasteiger partial charge in [-0.05, 0) is 43.4 Å². The quantitative estimate of drug-likeness (QED) is 0.895. The SMILES string of the molecule is CC(NC(=O)N1CCC(CO)CC1)c1ccc(-n2cncn2)cc1. The fourth-order valence-corrected chi connectivity index (χ4v) is 2.94. The molecule has 1 aliphatic heterocycles. The predicted molar refractivity (Wildman–Crippen MR) is 89.7 cm³/mol. The van der Waals surface area contributed by atoms with Crippen LogP contribution in [0.5, 0.6) is 0 Å². The molecule has 0 radical (unpaired) electrons. The van der Waals surface area contributed by atoms with Gasteiger partial charge in [0.1, 0.15) is 12.7 Å². The first-order valence-corrected chi connectivity index (χ1v) is 8.28. The highest BCUT2D eigenvalue weighted by atomic mass is 16.3. The minimum Gasteiger partial charge on any atom is -0.396 e. The number of carbonyl (C=O) groups excluding carboxylic acids is 1. The van der Waals surface area contributed by atoms with E-state index in [-0.39, 0.29) is 18.7 Å². The zero-order valence-electron chi connectivity index (χ0n) is 13.8. The Balaban J connectivity index is 1.56. The largest absolute Gasteiger partial charge is 0.396 e. The van der Waals surface area contributed by atoms with Crippen LogP contribution in [0.3, 0.4) is 0 Å². The van der Waals surface area contributed by atoms with Crippen molar-refractivity contribution in [1.29, 1.82) is 0 Å². The summed E-state index contributed by atoms with van der Waals surface area (Å²) in [5, 5.41) is 16.3. The Labute approximate surface area is 141 Å². The monoisotopic (exact) mass is 329 g/mol. The highest BCUT2D eigenvalue weighted by Crippen LogP contribution is 2.19. The molecule has 1 unspecified atom stereocenters. The van der Waals surface area contributed by atoms with E-state index in [9.17, 15) is 9.90 Å². The van der Waals surface area contributed by atoms with Gasteiger partial charge in [-0.3, -0.25) is 0 Å². The van der Waals surface area contributed by atoms with Gasteiger partial charge in [0, 0.05) is 19.7 Å². The van der Waals surface area contributed by atoms with E-state index in [0.29, 0.717) is 19.0 Å². The molecule has 1 aromatic heterocycles. The maximum Gasteiger partial charge on any atom is 0.317 e. The van der Waals surface area contributed by atoms with Crippen molar-refractivity contribution in [2.24, 2.45) is 5.92 Å². The minimum absolute atomic E-state index is 0.0424. The van der Waals surface area contributed by atoms with E-state index in [1.165, 1.54) is 6.33 Å². The van der Waals surface area contributed by atoms with E-state index in [2.05, 4.69) is 15.4 Å². The topological polar surface area (TPSA) is 83.3 Å². The maximum atomic E-state index is 12.4. The molecule has 7 nitrogen and oxygen atoms in total. The van der Waals surface area contributed by atoms with Crippen LogP contribution in [0.1, 0.15) is 31.4 Å². The second kappa shape index (κ2) is 7.44. The number of carbonyl (C=O) groups is 1. The van der Waals surface area contributed by atoms with Crippen molar-refractivity contribution in [2.75, 3.05) is 19.7 Å². The summed E-state index contributed by atoms with van der Waals surface area (Å²) in [6.45, 7) is 3.59. The summed E-state index contributed by atoms with van der Waals surface area (Å²) < 4.78 is 1.69. The Hall–Kier alpha value is -2.41. The van der Waals surface area contributed by atoms with Gasteiger partial charge in [-0.1, -0.05) is 12.1 Å². The highest BCUT2D eigenvalue weighted by Gasteiger charge is 2.23. The van der Waals surface area contributed by atoms with E-state index >= 15 is 0 Å². The molecule has 2 amide bonds. The van der Waals surface area contributed by atoms with Crippen LogP contribution in [0.4, 0.5) is 4.79 Å². The first-order chi connectivity index (χ1) is 11.7. The number of likely N-dealkylation sites (tertiary alicyclic amines) is 1. The lowest BCUT2D eigenvalue weighted by molar-refractivity contribution is 0.136. The Kier molecular flexibility index (Phi) is 5.10. The van der Waals surface area contributed by atoms with Gasteiger partial charge in [-0.2, -0.15) is 5.10 Å². The molecule has 2 aromatic rings. The fourth-order valence-electron chi connectivity index (χ4n) is 2.94. The second-order valence-corrected chi connectivity index (χ2v) is 6.22. The molecule has 128 valence electrons. The van der Waals surface area contributed by atoms with Crippen LogP contribution in [0.25, 0.3) is 5.69 Å². The third-order valence-corrected chi connectivity index (χ3v) is 4.58. The molecule has 7 heteroatoms. The van der Waals surface area contributed by atoms with Gasteiger partial charge in [0.2, 0.25) is 0 Å². The van der Waals surface area contributed by atoms with Crippen molar-refractivity contribution in [3.05, 3.63) is 42.5 Å². The average molecular weight is 329 g/mol. The van der Waals surface area contributed by atoms with Crippen LogP contribution in [-0.2, 0) is 0 Å². The van der Waals surface area contributed by atoms with E-state index in [1.807, 2.05) is 36.1 Å². The van der Waals surface area contributed by atoms with Crippen molar-refractivity contribution in [3.8, 4) is 5.69 Å². The van der Waals surface area contributed by atoms with Gasteiger partial charge in [0.25, 0.3) is 0 Å². The number of amides is 2. The summed E-state index contributed by atoms with van der Waals surface area (Å²) in [5.74, 6) is 0.329. The number of piperidine rings is 1. The smallest absolute Gasteiger partial charge is 0.317 e. The number of aliphatic hydroxyl groups excluding tert-OH is 1. The third-order valence-electron chi connectivity index (χ3n) is 4.58. The molecular weight excluding hydrogens is 306 g/mol. The van der Waals surface area contributed by atoms with Gasteiger partial charge in [-0.15, -0.1) is 0 Å².